The Bertz CT molecular complexity index is 719. The van der Waals surface area contributed by atoms with Crippen molar-refractivity contribution in [3.8, 4) is 5.69 Å². The van der Waals surface area contributed by atoms with Crippen molar-refractivity contribution < 1.29 is 4.79 Å². The minimum Gasteiger partial charge on any atom is -0.338 e. The van der Waals surface area contributed by atoms with Crippen molar-refractivity contribution in [3.63, 3.8) is 0 Å². The van der Waals surface area contributed by atoms with E-state index in [-0.39, 0.29) is 5.91 Å². The summed E-state index contributed by atoms with van der Waals surface area (Å²) >= 11 is 0. The second-order valence-electron chi connectivity index (χ2n) is 7.28. The van der Waals surface area contributed by atoms with E-state index in [0.717, 1.165) is 41.9 Å². The first-order valence-electron chi connectivity index (χ1n) is 9.13. The summed E-state index contributed by atoms with van der Waals surface area (Å²) in [5.74, 6) is 1.76. The standard InChI is InChI=1S/C20H25N3O/c1-15-10-12-21-23(15)19-8-6-17(7-9-19)20(24)22-13-11-16-4-2-3-5-18(16)14-22/h6-10,12,16,18H,2-5,11,13-14H2,1H3/t16-,18-/m0/s1. The Kier molecular flexibility index (Phi) is 4.13. The molecule has 4 rings (SSSR count). The van der Waals surface area contributed by atoms with E-state index < -0.39 is 0 Å². The van der Waals surface area contributed by atoms with E-state index in [0.29, 0.717) is 0 Å². The fraction of sp³-hybridized carbons (Fsp3) is 0.500. The van der Waals surface area contributed by atoms with Crippen LogP contribution in [-0.2, 0) is 0 Å². The minimum absolute atomic E-state index is 0.183. The van der Waals surface area contributed by atoms with Gasteiger partial charge in [0.2, 0.25) is 0 Å². The van der Waals surface area contributed by atoms with Gasteiger partial charge in [0.25, 0.3) is 5.91 Å². The van der Waals surface area contributed by atoms with Crippen molar-refractivity contribution in [1.29, 1.82) is 0 Å². The number of benzene rings is 1. The second kappa shape index (κ2) is 6.42. The van der Waals surface area contributed by atoms with Crippen LogP contribution < -0.4 is 0 Å². The molecule has 0 spiro atoms. The number of amides is 1. The predicted molar refractivity (Wildman–Crippen MR) is 94.3 cm³/mol. The third-order valence-corrected chi connectivity index (χ3v) is 5.77. The zero-order chi connectivity index (χ0) is 16.5. The molecule has 2 aliphatic rings. The lowest BCUT2D eigenvalue weighted by molar-refractivity contribution is 0.0521. The maximum atomic E-state index is 12.8. The van der Waals surface area contributed by atoms with Crippen LogP contribution in [0.4, 0.5) is 0 Å². The SMILES string of the molecule is Cc1ccnn1-c1ccc(C(=O)N2CC[C@@H]3CCCC[C@H]3C2)cc1. The van der Waals surface area contributed by atoms with Crippen LogP contribution in [0.1, 0.15) is 48.2 Å². The lowest BCUT2D eigenvalue weighted by atomic mass is 9.75. The Morgan fingerprint density at radius 3 is 2.50 bits per heavy atom. The molecule has 2 atom stereocenters. The molecule has 1 aromatic heterocycles. The fourth-order valence-electron chi connectivity index (χ4n) is 4.35. The molecule has 1 aliphatic heterocycles. The number of carbonyl (C=O) groups is 1. The second-order valence-corrected chi connectivity index (χ2v) is 7.28. The molecule has 0 unspecified atom stereocenters. The smallest absolute Gasteiger partial charge is 0.253 e. The highest BCUT2D eigenvalue weighted by molar-refractivity contribution is 5.94. The molecule has 126 valence electrons. The first kappa shape index (κ1) is 15.4. The highest BCUT2D eigenvalue weighted by Gasteiger charge is 2.33. The molecule has 24 heavy (non-hydrogen) atoms. The average Bonchev–Trinajstić information content (AvgIpc) is 3.07. The van der Waals surface area contributed by atoms with E-state index in [1.807, 2.05) is 41.9 Å². The summed E-state index contributed by atoms with van der Waals surface area (Å²) in [5.41, 5.74) is 2.88. The van der Waals surface area contributed by atoms with Gasteiger partial charge >= 0.3 is 0 Å². The molecular formula is C20H25N3O. The number of likely N-dealkylation sites (tertiary alicyclic amines) is 1. The van der Waals surface area contributed by atoms with E-state index in [2.05, 4.69) is 10.00 Å². The van der Waals surface area contributed by atoms with Gasteiger partial charge < -0.3 is 4.90 Å². The highest BCUT2D eigenvalue weighted by Crippen LogP contribution is 2.36. The van der Waals surface area contributed by atoms with Crippen molar-refractivity contribution in [2.75, 3.05) is 13.1 Å². The molecule has 1 saturated carbocycles. The molecule has 1 saturated heterocycles. The summed E-state index contributed by atoms with van der Waals surface area (Å²) in [6.07, 6.45) is 8.35. The van der Waals surface area contributed by atoms with Crippen LogP contribution in [-0.4, -0.2) is 33.7 Å². The van der Waals surface area contributed by atoms with Crippen LogP contribution in [0.15, 0.2) is 36.5 Å². The molecule has 4 nitrogen and oxygen atoms in total. The van der Waals surface area contributed by atoms with Gasteiger partial charge in [-0.2, -0.15) is 5.10 Å². The van der Waals surface area contributed by atoms with E-state index >= 15 is 0 Å². The zero-order valence-electron chi connectivity index (χ0n) is 14.3. The van der Waals surface area contributed by atoms with Crippen LogP contribution in [0.2, 0.25) is 0 Å². The number of nitrogens with zero attached hydrogens (tertiary/aromatic N) is 3. The average molecular weight is 323 g/mol. The van der Waals surface area contributed by atoms with Crippen LogP contribution in [0.25, 0.3) is 5.69 Å². The zero-order valence-corrected chi connectivity index (χ0v) is 14.3. The molecule has 1 amide bonds. The number of hydrogen-bond acceptors (Lipinski definition) is 2. The van der Waals surface area contributed by atoms with Crippen molar-refractivity contribution in [3.05, 3.63) is 47.8 Å². The molecule has 0 bridgehead atoms. The van der Waals surface area contributed by atoms with Gasteiger partial charge in [0, 0.05) is 30.5 Å². The summed E-state index contributed by atoms with van der Waals surface area (Å²) < 4.78 is 1.89. The molecule has 1 aliphatic carbocycles. The molecular weight excluding hydrogens is 298 g/mol. The fourth-order valence-corrected chi connectivity index (χ4v) is 4.35. The topological polar surface area (TPSA) is 38.1 Å². The third kappa shape index (κ3) is 2.85. The molecule has 0 radical (unpaired) electrons. The number of carbonyl (C=O) groups excluding carboxylic acids is 1. The summed E-state index contributed by atoms with van der Waals surface area (Å²) in [7, 11) is 0. The largest absolute Gasteiger partial charge is 0.338 e. The molecule has 2 fully saturated rings. The molecule has 4 heteroatoms. The number of rotatable bonds is 2. The Morgan fingerprint density at radius 1 is 1.04 bits per heavy atom. The Morgan fingerprint density at radius 2 is 1.79 bits per heavy atom. The summed E-state index contributed by atoms with van der Waals surface area (Å²) in [6.45, 7) is 3.89. The Labute approximate surface area is 143 Å². The number of piperidine rings is 1. The highest BCUT2D eigenvalue weighted by atomic mass is 16.2. The lowest BCUT2D eigenvalue weighted by Crippen LogP contribution is -2.44. The molecule has 1 aromatic carbocycles. The minimum atomic E-state index is 0.183. The first-order chi connectivity index (χ1) is 11.7. The summed E-state index contributed by atoms with van der Waals surface area (Å²) in [4.78, 5) is 14.9. The first-order valence-corrected chi connectivity index (χ1v) is 9.13. The Hall–Kier alpha value is -2.10. The quantitative estimate of drug-likeness (QED) is 0.842. The van der Waals surface area contributed by atoms with Crippen molar-refractivity contribution in [2.24, 2.45) is 11.8 Å². The number of hydrogen-bond donors (Lipinski definition) is 0. The van der Waals surface area contributed by atoms with E-state index in [9.17, 15) is 4.79 Å². The summed E-state index contributed by atoms with van der Waals surface area (Å²) in [5, 5.41) is 4.32. The van der Waals surface area contributed by atoms with Gasteiger partial charge in [0.1, 0.15) is 0 Å². The van der Waals surface area contributed by atoms with Crippen LogP contribution >= 0.6 is 0 Å². The van der Waals surface area contributed by atoms with Crippen molar-refractivity contribution in [1.82, 2.24) is 14.7 Å². The van der Waals surface area contributed by atoms with Gasteiger partial charge in [-0.05, 0) is 61.9 Å². The van der Waals surface area contributed by atoms with E-state index in [1.165, 1.54) is 32.1 Å². The van der Waals surface area contributed by atoms with Gasteiger partial charge in [-0.15, -0.1) is 0 Å². The molecule has 2 heterocycles. The van der Waals surface area contributed by atoms with E-state index in [4.69, 9.17) is 0 Å². The van der Waals surface area contributed by atoms with Crippen LogP contribution in [0, 0.1) is 18.8 Å². The maximum absolute atomic E-state index is 12.8. The monoisotopic (exact) mass is 323 g/mol. The maximum Gasteiger partial charge on any atom is 0.253 e. The van der Waals surface area contributed by atoms with Crippen LogP contribution in [0.5, 0.6) is 0 Å². The third-order valence-electron chi connectivity index (χ3n) is 5.77. The number of fused-ring (bicyclic) bond motifs is 1. The van der Waals surface area contributed by atoms with Gasteiger partial charge in [-0.3, -0.25) is 4.79 Å². The predicted octanol–water partition coefficient (Wildman–Crippen LogP) is 3.83. The van der Waals surface area contributed by atoms with Crippen molar-refractivity contribution in [2.45, 2.75) is 39.0 Å². The number of aryl methyl sites for hydroxylation is 1. The van der Waals surface area contributed by atoms with E-state index in [1.54, 1.807) is 6.20 Å². The van der Waals surface area contributed by atoms with Gasteiger partial charge in [0.05, 0.1) is 5.69 Å². The number of aromatic nitrogens is 2. The van der Waals surface area contributed by atoms with Crippen LogP contribution in [0.3, 0.4) is 0 Å². The molecule has 0 N–H and O–H groups in total. The molecule has 2 aromatic rings. The van der Waals surface area contributed by atoms with Gasteiger partial charge in [-0.25, -0.2) is 4.68 Å². The van der Waals surface area contributed by atoms with Gasteiger partial charge in [-0.1, -0.05) is 19.3 Å². The van der Waals surface area contributed by atoms with Gasteiger partial charge in [0.15, 0.2) is 0 Å². The van der Waals surface area contributed by atoms with Crippen molar-refractivity contribution >= 4 is 5.91 Å². The lowest BCUT2D eigenvalue weighted by Gasteiger charge is -2.41. The Balaban J connectivity index is 1.47. The normalized spacial score (nSPS) is 23.8. The summed E-state index contributed by atoms with van der Waals surface area (Å²) in [6, 6.07) is 9.83.